The molecule has 7 nitrogen and oxygen atoms in total. The maximum Gasteiger partial charge on any atom is 0.258 e. The number of amides is 1. The molecule has 0 aliphatic carbocycles. The monoisotopic (exact) mass is 409 g/mol. The van der Waals surface area contributed by atoms with Crippen molar-refractivity contribution in [2.75, 3.05) is 19.7 Å². The highest BCUT2D eigenvalue weighted by Crippen LogP contribution is 2.31. The Morgan fingerprint density at radius 3 is 2.70 bits per heavy atom. The number of pyridine rings is 1. The zero-order chi connectivity index (χ0) is 19.3. The molecule has 1 aliphatic rings. The van der Waals surface area contributed by atoms with Gasteiger partial charge in [-0.3, -0.25) is 9.78 Å². The zero-order valence-corrected chi connectivity index (χ0v) is 16.2. The molecule has 1 aliphatic heterocycles. The molecule has 1 saturated heterocycles. The lowest BCUT2D eigenvalue weighted by Crippen LogP contribution is -2.30. The zero-order valence-electron chi connectivity index (χ0n) is 14.6. The maximum absolute atomic E-state index is 12.8. The molecule has 1 fully saturated rings. The number of sulfonamides is 1. The second-order valence-electron chi connectivity index (χ2n) is 6.09. The average molecular weight is 410 g/mol. The van der Waals surface area contributed by atoms with E-state index in [0.29, 0.717) is 18.1 Å². The SMILES string of the molecule is O=C(COc1ccc(Cl)cc1S(=O)(=O)N1CCCC1)NCc1ccccn1. The Kier molecular flexibility index (Phi) is 6.30. The van der Waals surface area contributed by atoms with Gasteiger partial charge in [-0.1, -0.05) is 17.7 Å². The Balaban J connectivity index is 1.67. The van der Waals surface area contributed by atoms with Crippen molar-refractivity contribution in [1.82, 2.24) is 14.6 Å². The van der Waals surface area contributed by atoms with Gasteiger partial charge in [0.1, 0.15) is 10.6 Å². The Morgan fingerprint density at radius 1 is 1.22 bits per heavy atom. The third kappa shape index (κ3) is 4.97. The summed E-state index contributed by atoms with van der Waals surface area (Å²) >= 11 is 5.99. The van der Waals surface area contributed by atoms with Crippen LogP contribution < -0.4 is 10.1 Å². The van der Waals surface area contributed by atoms with Crippen molar-refractivity contribution in [1.29, 1.82) is 0 Å². The van der Waals surface area contributed by atoms with E-state index >= 15 is 0 Å². The molecule has 0 radical (unpaired) electrons. The van der Waals surface area contributed by atoms with Gasteiger partial charge in [-0.25, -0.2) is 8.42 Å². The number of benzene rings is 1. The minimum absolute atomic E-state index is 0.0190. The van der Waals surface area contributed by atoms with Crippen LogP contribution in [0.4, 0.5) is 0 Å². The molecule has 2 heterocycles. The van der Waals surface area contributed by atoms with Crippen molar-refractivity contribution in [2.24, 2.45) is 0 Å². The average Bonchev–Trinajstić information content (AvgIpc) is 3.22. The van der Waals surface area contributed by atoms with Crippen LogP contribution >= 0.6 is 11.6 Å². The van der Waals surface area contributed by atoms with E-state index < -0.39 is 10.0 Å². The molecule has 1 aromatic heterocycles. The summed E-state index contributed by atoms with van der Waals surface area (Å²) in [6.07, 6.45) is 3.29. The standard InChI is InChI=1S/C18H20ClN3O4S/c19-14-6-7-16(17(11-14)27(24,25)22-9-3-4-10-22)26-13-18(23)21-12-15-5-1-2-8-20-15/h1-2,5-8,11H,3-4,9-10,12-13H2,(H,21,23). The van der Waals surface area contributed by atoms with Gasteiger partial charge < -0.3 is 10.1 Å². The fourth-order valence-corrected chi connectivity index (χ4v) is 4.67. The molecule has 1 amide bonds. The minimum Gasteiger partial charge on any atom is -0.482 e. The van der Waals surface area contributed by atoms with Crippen LogP contribution in [0.1, 0.15) is 18.5 Å². The summed E-state index contributed by atoms with van der Waals surface area (Å²) < 4.78 is 32.6. The summed E-state index contributed by atoms with van der Waals surface area (Å²) in [7, 11) is -3.71. The second-order valence-corrected chi connectivity index (χ2v) is 8.43. The van der Waals surface area contributed by atoms with Crippen molar-refractivity contribution in [3.05, 3.63) is 53.3 Å². The first-order chi connectivity index (χ1) is 13.0. The normalized spacial score (nSPS) is 14.9. The number of hydrogen-bond acceptors (Lipinski definition) is 5. The molecular weight excluding hydrogens is 390 g/mol. The molecule has 0 atom stereocenters. The van der Waals surface area contributed by atoms with Crippen LogP contribution in [-0.4, -0.2) is 43.3 Å². The number of hydrogen-bond donors (Lipinski definition) is 1. The van der Waals surface area contributed by atoms with E-state index in [9.17, 15) is 13.2 Å². The number of nitrogens with one attached hydrogen (secondary N) is 1. The molecule has 2 aromatic rings. The number of nitrogens with zero attached hydrogens (tertiary/aromatic N) is 2. The number of ether oxygens (including phenoxy) is 1. The van der Waals surface area contributed by atoms with E-state index in [1.54, 1.807) is 18.3 Å². The summed E-state index contributed by atoms with van der Waals surface area (Å²) in [5, 5.41) is 2.97. The summed E-state index contributed by atoms with van der Waals surface area (Å²) in [5.74, 6) is -0.264. The molecule has 0 saturated carbocycles. The molecule has 9 heteroatoms. The molecule has 0 bridgehead atoms. The lowest BCUT2D eigenvalue weighted by molar-refractivity contribution is -0.123. The Bertz CT molecular complexity index is 900. The van der Waals surface area contributed by atoms with Crippen molar-refractivity contribution in [3.8, 4) is 5.75 Å². The quantitative estimate of drug-likeness (QED) is 0.757. The summed E-state index contributed by atoms with van der Waals surface area (Å²) in [5.41, 5.74) is 0.717. The number of carbonyl (C=O) groups is 1. The topological polar surface area (TPSA) is 88.6 Å². The predicted octanol–water partition coefficient (Wildman–Crippen LogP) is 2.21. The Hall–Kier alpha value is -2.16. The molecular formula is C18H20ClN3O4S. The smallest absolute Gasteiger partial charge is 0.258 e. The summed E-state index contributed by atoms with van der Waals surface area (Å²) in [4.78, 5) is 16.1. The minimum atomic E-state index is -3.71. The van der Waals surface area contributed by atoms with Gasteiger partial charge in [0.15, 0.2) is 6.61 Å². The molecule has 1 aromatic carbocycles. The molecule has 0 unspecified atom stereocenters. The highest BCUT2D eigenvalue weighted by Gasteiger charge is 2.30. The van der Waals surface area contributed by atoms with Gasteiger partial charge in [-0.15, -0.1) is 0 Å². The number of carbonyl (C=O) groups excluding carboxylic acids is 1. The molecule has 144 valence electrons. The van der Waals surface area contributed by atoms with Crippen LogP contribution in [0.25, 0.3) is 0 Å². The molecule has 1 N–H and O–H groups in total. The lowest BCUT2D eigenvalue weighted by Gasteiger charge is -2.18. The van der Waals surface area contributed by atoms with E-state index in [0.717, 1.165) is 18.5 Å². The van der Waals surface area contributed by atoms with Gasteiger partial charge in [-0.05, 0) is 43.2 Å². The van der Waals surface area contributed by atoms with Crippen LogP contribution in [0.15, 0.2) is 47.5 Å². The fourth-order valence-electron chi connectivity index (χ4n) is 2.76. The highest BCUT2D eigenvalue weighted by atomic mass is 35.5. The lowest BCUT2D eigenvalue weighted by atomic mass is 10.3. The van der Waals surface area contributed by atoms with Gasteiger partial charge in [-0.2, -0.15) is 4.31 Å². The van der Waals surface area contributed by atoms with Crippen LogP contribution in [-0.2, 0) is 21.4 Å². The van der Waals surface area contributed by atoms with E-state index in [2.05, 4.69) is 10.3 Å². The van der Waals surface area contributed by atoms with E-state index in [4.69, 9.17) is 16.3 Å². The van der Waals surface area contributed by atoms with Crippen LogP contribution in [0.3, 0.4) is 0 Å². The van der Waals surface area contributed by atoms with E-state index in [-0.39, 0.29) is 29.7 Å². The van der Waals surface area contributed by atoms with Gasteiger partial charge in [0.05, 0.1) is 12.2 Å². The van der Waals surface area contributed by atoms with E-state index in [1.807, 2.05) is 6.07 Å². The van der Waals surface area contributed by atoms with E-state index in [1.165, 1.54) is 22.5 Å². The van der Waals surface area contributed by atoms with Gasteiger partial charge in [0.2, 0.25) is 10.0 Å². The molecule has 0 spiro atoms. The third-order valence-electron chi connectivity index (χ3n) is 4.14. The largest absolute Gasteiger partial charge is 0.482 e. The molecule has 3 rings (SSSR count). The van der Waals surface area contributed by atoms with Crippen LogP contribution in [0, 0.1) is 0 Å². The number of halogens is 1. The Morgan fingerprint density at radius 2 is 2.00 bits per heavy atom. The van der Waals surface area contributed by atoms with Crippen molar-refractivity contribution >= 4 is 27.5 Å². The Labute approximate surface area is 163 Å². The third-order valence-corrected chi connectivity index (χ3v) is 6.30. The predicted molar refractivity (Wildman–Crippen MR) is 101 cm³/mol. The second kappa shape index (κ2) is 8.69. The van der Waals surface area contributed by atoms with Crippen molar-refractivity contribution < 1.29 is 17.9 Å². The highest BCUT2D eigenvalue weighted by molar-refractivity contribution is 7.89. The van der Waals surface area contributed by atoms with Gasteiger partial charge in [0.25, 0.3) is 5.91 Å². The van der Waals surface area contributed by atoms with Gasteiger partial charge in [0, 0.05) is 24.3 Å². The fraction of sp³-hybridized carbons (Fsp3) is 0.333. The van der Waals surface area contributed by atoms with Crippen LogP contribution in [0.5, 0.6) is 5.75 Å². The van der Waals surface area contributed by atoms with Crippen molar-refractivity contribution in [2.45, 2.75) is 24.3 Å². The first-order valence-electron chi connectivity index (χ1n) is 8.56. The van der Waals surface area contributed by atoms with Gasteiger partial charge >= 0.3 is 0 Å². The first-order valence-corrected chi connectivity index (χ1v) is 10.4. The maximum atomic E-state index is 12.8. The number of rotatable bonds is 7. The summed E-state index contributed by atoms with van der Waals surface area (Å²) in [6, 6.07) is 9.77. The first kappa shape index (κ1) is 19.6. The molecule has 27 heavy (non-hydrogen) atoms. The van der Waals surface area contributed by atoms with Crippen molar-refractivity contribution in [3.63, 3.8) is 0 Å². The van der Waals surface area contributed by atoms with Crippen LogP contribution in [0.2, 0.25) is 5.02 Å². The number of aromatic nitrogens is 1. The summed E-state index contributed by atoms with van der Waals surface area (Å²) in [6.45, 7) is 0.900.